The molecule has 1 aromatic carbocycles. The van der Waals surface area contributed by atoms with Crippen molar-refractivity contribution in [3.05, 3.63) is 35.9 Å². The minimum atomic E-state index is -0.0665. The van der Waals surface area contributed by atoms with Crippen LogP contribution < -0.4 is 0 Å². The molecule has 1 N–H and O–H groups in total. The van der Waals surface area contributed by atoms with Crippen LogP contribution in [0.2, 0.25) is 0 Å². The molecule has 4 heteroatoms. The molecule has 0 radical (unpaired) electrons. The van der Waals surface area contributed by atoms with Crippen molar-refractivity contribution in [2.45, 2.75) is 23.5 Å². The van der Waals surface area contributed by atoms with Crippen molar-refractivity contribution in [2.24, 2.45) is 0 Å². The predicted molar refractivity (Wildman–Crippen MR) is 80.2 cm³/mol. The number of aliphatic hydroxyl groups is 1. The molecule has 18 heavy (non-hydrogen) atoms. The van der Waals surface area contributed by atoms with Gasteiger partial charge >= 0.3 is 0 Å². The Morgan fingerprint density at radius 2 is 2.22 bits per heavy atom. The fourth-order valence-electron chi connectivity index (χ4n) is 2.15. The van der Waals surface area contributed by atoms with Crippen molar-refractivity contribution in [1.82, 2.24) is 0 Å². The summed E-state index contributed by atoms with van der Waals surface area (Å²) in [7, 11) is 0. The van der Waals surface area contributed by atoms with Crippen molar-refractivity contribution in [1.29, 1.82) is 0 Å². The normalized spacial score (nSPS) is 25.2. The smallest absolute Gasteiger partial charge is 0.112 e. The average molecular weight is 284 g/mol. The third kappa shape index (κ3) is 3.92. The van der Waals surface area contributed by atoms with Gasteiger partial charge in [-0.1, -0.05) is 30.3 Å². The Balaban J connectivity index is 2.05. The van der Waals surface area contributed by atoms with Crippen molar-refractivity contribution in [3.63, 3.8) is 0 Å². The molecule has 1 aliphatic heterocycles. The number of thioether (sulfide) groups is 2. The molecule has 1 heterocycles. The highest BCUT2D eigenvalue weighted by atomic mass is 32.2. The molecule has 2 rings (SSSR count). The summed E-state index contributed by atoms with van der Waals surface area (Å²) in [6.45, 7) is 3.27. The molecule has 0 bridgehead atoms. The second-order valence-corrected chi connectivity index (χ2v) is 7.40. The highest BCUT2D eigenvalue weighted by Crippen LogP contribution is 2.44. The van der Waals surface area contributed by atoms with Crippen LogP contribution in [0.15, 0.2) is 30.3 Å². The number of rotatable bonds is 6. The van der Waals surface area contributed by atoms with Crippen LogP contribution in [-0.2, 0) is 4.74 Å². The lowest BCUT2D eigenvalue weighted by atomic mass is 10.1. The SMILES string of the molecule is CC1(CC(SCCO)c2ccccc2)OCCS1. The fourth-order valence-corrected chi connectivity index (χ4v) is 4.48. The van der Waals surface area contributed by atoms with Crippen LogP contribution in [0.25, 0.3) is 0 Å². The van der Waals surface area contributed by atoms with E-state index in [1.807, 2.05) is 29.6 Å². The minimum absolute atomic E-state index is 0.0665. The first kappa shape index (κ1) is 14.3. The van der Waals surface area contributed by atoms with Crippen LogP contribution >= 0.6 is 23.5 Å². The molecule has 2 nitrogen and oxygen atoms in total. The lowest BCUT2D eigenvalue weighted by molar-refractivity contribution is 0.0592. The molecular formula is C14H20O2S2. The Labute approximate surface area is 117 Å². The summed E-state index contributed by atoms with van der Waals surface area (Å²) < 4.78 is 5.86. The summed E-state index contributed by atoms with van der Waals surface area (Å²) in [5.41, 5.74) is 1.33. The van der Waals surface area contributed by atoms with E-state index in [9.17, 15) is 0 Å². The Hall–Kier alpha value is -0.160. The minimum Gasteiger partial charge on any atom is -0.396 e. The van der Waals surface area contributed by atoms with Crippen LogP contribution in [0.1, 0.15) is 24.2 Å². The Morgan fingerprint density at radius 3 is 2.83 bits per heavy atom. The third-order valence-electron chi connectivity index (χ3n) is 3.04. The zero-order valence-electron chi connectivity index (χ0n) is 10.7. The molecule has 1 aliphatic rings. The van der Waals surface area contributed by atoms with Gasteiger partial charge in [-0.05, 0) is 12.5 Å². The van der Waals surface area contributed by atoms with E-state index in [0.29, 0.717) is 5.25 Å². The van der Waals surface area contributed by atoms with Gasteiger partial charge in [-0.15, -0.1) is 11.8 Å². The number of hydrogen-bond acceptors (Lipinski definition) is 4. The molecule has 2 unspecified atom stereocenters. The maximum atomic E-state index is 9.03. The standard InChI is InChI=1S/C14H20O2S2/c1-14(16-8-10-18-14)11-13(17-9-7-15)12-5-3-2-4-6-12/h2-6,13,15H,7-11H2,1H3. The van der Waals surface area contributed by atoms with Gasteiger partial charge in [-0.2, -0.15) is 11.8 Å². The quantitative estimate of drug-likeness (QED) is 0.868. The van der Waals surface area contributed by atoms with Gasteiger partial charge in [-0.3, -0.25) is 0 Å². The highest BCUT2D eigenvalue weighted by molar-refractivity contribution is 8.01. The number of ether oxygens (including phenoxy) is 1. The van der Waals surface area contributed by atoms with Crippen LogP contribution in [0.3, 0.4) is 0 Å². The average Bonchev–Trinajstić information content (AvgIpc) is 2.82. The summed E-state index contributed by atoms with van der Waals surface area (Å²) in [6.07, 6.45) is 0.992. The molecule has 0 spiro atoms. The summed E-state index contributed by atoms with van der Waals surface area (Å²) in [4.78, 5) is -0.0665. The first-order valence-corrected chi connectivity index (χ1v) is 8.32. The fraction of sp³-hybridized carbons (Fsp3) is 0.571. The second-order valence-electron chi connectivity index (χ2n) is 4.53. The van der Waals surface area contributed by atoms with Crippen LogP contribution in [0, 0.1) is 0 Å². The molecule has 0 amide bonds. The topological polar surface area (TPSA) is 29.5 Å². The summed E-state index contributed by atoms with van der Waals surface area (Å²) in [6, 6.07) is 10.5. The van der Waals surface area contributed by atoms with E-state index in [1.54, 1.807) is 0 Å². The van der Waals surface area contributed by atoms with Gasteiger partial charge in [0.25, 0.3) is 0 Å². The van der Waals surface area contributed by atoms with Crippen molar-refractivity contribution < 1.29 is 9.84 Å². The highest BCUT2D eigenvalue weighted by Gasteiger charge is 2.34. The van der Waals surface area contributed by atoms with Gasteiger partial charge < -0.3 is 9.84 Å². The Kier molecular flexibility index (Phi) is 5.42. The van der Waals surface area contributed by atoms with Gasteiger partial charge in [0.2, 0.25) is 0 Å². The molecule has 2 atom stereocenters. The van der Waals surface area contributed by atoms with E-state index in [1.165, 1.54) is 5.56 Å². The van der Waals surface area contributed by atoms with Gasteiger partial charge in [0, 0.05) is 23.2 Å². The molecule has 0 aromatic heterocycles. The molecule has 0 aliphatic carbocycles. The lowest BCUT2D eigenvalue weighted by Crippen LogP contribution is -2.22. The maximum absolute atomic E-state index is 9.03. The number of aliphatic hydroxyl groups excluding tert-OH is 1. The first-order chi connectivity index (χ1) is 8.73. The van der Waals surface area contributed by atoms with Gasteiger partial charge in [-0.25, -0.2) is 0 Å². The van der Waals surface area contributed by atoms with Crippen LogP contribution in [-0.4, -0.2) is 34.8 Å². The zero-order chi connectivity index (χ0) is 12.8. The van der Waals surface area contributed by atoms with Crippen molar-refractivity contribution in [2.75, 3.05) is 24.7 Å². The Morgan fingerprint density at radius 1 is 1.44 bits per heavy atom. The molecule has 0 saturated carbocycles. The third-order valence-corrected chi connectivity index (χ3v) is 5.56. The Bertz CT molecular complexity index is 350. The van der Waals surface area contributed by atoms with Gasteiger partial charge in [0.05, 0.1) is 13.2 Å². The molecule has 1 fully saturated rings. The maximum Gasteiger partial charge on any atom is 0.112 e. The lowest BCUT2D eigenvalue weighted by Gasteiger charge is -2.28. The van der Waals surface area contributed by atoms with E-state index in [-0.39, 0.29) is 11.5 Å². The monoisotopic (exact) mass is 284 g/mol. The summed E-state index contributed by atoms with van der Waals surface area (Å²) in [5.74, 6) is 1.86. The summed E-state index contributed by atoms with van der Waals surface area (Å²) in [5, 5.41) is 9.43. The van der Waals surface area contributed by atoms with Crippen molar-refractivity contribution in [3.8, 4) is 0 Å². The molecule has 1 aromatic rings. The largest absolute Gasteiger partial charge is 0.396 e. The second kappa shape index (κ2) is 6.85. The zero-order valence-corrected chi connectivity index (χ0v) is 12.3. The molecular weight excluding hydrogens is 264 g/mol. The van der Waals surface area contributed by atoms with Crippen LogP contribution in [0.4, 0.5) is 0 Å². The van der Waals surface area contributed by atoms with Crippen molar-refractivity contribution >= 4 is 23.5 Å². The van der Waals surface area contributed by atoms with E-state index >= 15 is 0 Å². The number of benzene rings is 1. The van der Waals surface area contributed by atoms with E-state index in [2.05, 4.69) is 31.2 Å². The van der Waals surface area contributed by atoms with E-state index in [0.717, 1.165) is 24.5 Å². The van der Waals surface area contributed by atoms with E-state index in [4.69, 9.17) is 9.84 Å². The summed E-state index contributed by atoms with van der Waals surface area (Å²) >= 11 is 3.72. The number of hydrogen-bond donors (Lipinski definition) is 1. The van der Waals surface area contributed by atoms with Gasteiger partial charge in [0.15, 0.2) is 0 Å². The first-order valence-electron chi connectivity index (χ1n) is 6.29. The van der Waals surface area contributed by atoms with Gasteiger partial charge in [0.1, 0.15) is 4.93 Å². The predicted octanol–water partition coefficient (Wildman–Crippen LogP) is 3.32. The molecule has 100 valence electrons. The van der Waals surface area contributed by atoms with E-state index < -0.39 is 0 Å². The van der Waals surface area contributed by atoms with Crippen LogP contribution in [0.5, 0.6) is 0 Å². The molecule has 1 saturated heterocycles.